The van der Waals surface area contributed by atoms with E-state index in [0.717, 1.165) is 0 Å². The van der Waals surface area contributed by atoms with Gasteiger partial charge in [-0.2, -0.15) is 0 Å². The highest BCUT2D eigenvalue weighted by Crippen LogP contribution is 2.50. The van der Waals surface area contributed by atoms with Gasteiger partial charge in [0, 0.05) is 43.5 Å². The molecule has 0 spiro atoms. The molecular weight excluding hydrogens is 685 g/mol. The summed E-state index contributed by atoms with van der Waals surface area (Å²) in [6.07, 6.45) is 9.15. The normalized spacial score (nSPS) is 16.2. The van der Waals surface area contributed by atoms with Gasteiger partial charge in [0.2, 0.25) is 0 Å². The van der Waals surface area contributed by atoms with Crippen LogP contribution >= 0.6 is 11.3 Å². The van der Waals surface area contributed by atoms with E-state index >= 15 is 0 Å². The molecule has 0 amide bonds. The number of anilines is 2. The minimum Gasteiger partial charge on any atom is -0.333 e. The predicted molar refractivity (Wildman–Crippen MR) is 235 cm³/mol. The highest BCUT2D eigenvalue weighted by atomic mass is 32.1. The smallest absolute Gasteiger partial charge is 0.0641 e. The fraction of sp³-hybridized carbons (Fsp3) is 0.0385. The predicted octanol–water partition coefficient (Wildman–Crippen LogP) is 14.4. The monoisotopic (exact) mass is 718 g/mol. The Bertz CT molecular complexity index is 3230. The van der Waals surface area contributed by atoms with Crippen LogP contribution in [-0.2, 0) is 0 Å². The van der Waals surface area contributed by atoms with E-state index in [1.54, 1.807) is 0 Å². The quantitative estimate of drug-likeness (QED) is 0.176. The number of hydrogen-bond donors (Lipinski definition) is 0. The number of allylic oxidation sites excluding steroid dienone is 2. The molecule has 2 aliphatic rings. The van der Waals surface area contributed by atoms with E-state index in [9.17, 15) is 0 Å². The van der Waals surface area contributed by atoms with Crippen LogP contribution in [0.4, 0.5) is 11.4 Å². The maximum absolute atomic E-state index is 2.53. The minimum atomic E-state index is 0.246. The van der Waals surface area contributed by atoms with Gasteiger partial charge in [-0.25, -0.2) is 0 Å². The summed E-state index contributed by atoms with van der Waals surface area (Å²) < 4.78 is 5.12. The number of hydrogen-bond acceptors (Lipinski definition) is 2. The first-order valence-electron chi connectivity index (χ1n) is 19.1. The Morgan fingerprint density at radius 1 is 0.473 bits per heavy atom. The third kappa shape index (κ3) is 4.60. The van der Waals surface area contributed by atoms with E-state index in [1.165, 1.54) is 97.6 Å². The van der Waals surface area contributed by atoms with Gasteiger partial charge in [-0.05, 0) is 93.2 Å². The molecule has 3 heteroatoms. The van der Waals surface area contributed by atoms with Gasteiger partial charge in [-0.1, -0.05) is 140 Å². The van der Waals surface area contributed by atoms with E-state index in [-0.39, 0.29) is 6.04 Å². The number of benzene rings is 8. The van der Waals surface area contributed by atoms with Crippen LogP contribution in [-0.4, -0.2) is 10.6 Å². The van der Waals surface area contributed by atoms with Gasteiger partial charge in [0.15, 0.2) is 0 Å². The molecule has 55 heavy (non-hydrogen) atoms. The summed E-state index contributed by atoms with van der Waals surface area (Å²) in [6.45, 7) is 0. The van der Waals surface area contributed by atoms with E-state index in [4.69, 9.17) is 0 Å². The molecule has 2 nitrogen and oxygen atoms in total. The van der Waals surface area contributed by atoms with Crippen LogP contribution < -0.4 is 4.90 Å². The van der Waals surface area contributed by atoms with Crippen molar-refractivity contribution in [2.24, 2.45) is 0 Å². The first kappa shape index (κ1) is 30.7. The van der Waals surface area contributed by atoms with Crippen molar-refractivity contribution < 1.29 is 0 Å². The van der Waals surface area contributed by atoms with Crippen molar-refractivity contribution in [2.45, 2.75) is 12.0 Å². The summed E-state index contributed by atoms with van der Waals surface area (Å²) in [4.78, 5) is 2.53. The molecule has 12 rings (SSSR count). The minimum absolute atomic E-state index is 0.246. The fourth-order valence-electron chi connectivity index (χ4n) is 9.41. The Morgan fingerprint density at radius 3 is 2.13 bits per heavy atom. The Labute approximate surface area is 323 Å². The highest BCUT2D eigenvalue weighted by Gasteiger charge is 2.37. The van der Waals surface area contributed by atoms with Gasteiger partial charge in [0.25, 0.3) is 0 Å². The molecule has 0 radical (unpaired) electrons. The van der Waals surface area contributed by atoms with E-state index in [0.29, 0.717) is 5.92 Å². The molecule has 0 N–H and O–H groups in total. The molecule has 0 saturated heterocycles. The number of rotatable bonds is 4. The molecule has 258 valence electrons. The van der Waals surface area contributed by atoms with Crippen molar-refractivity contribution >= 4 is 75.5 Å². The molecular formula is C52H34N2S. The van der Waals surface area contributed by atoms with Crippen molar-refractivity contribution in [2.75, 3.05) is 4.90 Å². The van der Waals surface area contributed by atoms with E-state index in [2.05, 4.69) is 204 Å². The molecule has 8 aromatic carbocycles. The zero-order valence-electron chi connectivity index (χ0n) is 29.9. The Balaban J connectivity index is 1.02. The summed E-state index contributed by atoms with van der Waals surface area (Å²) in [6, 6.07) is 63.2. The molecule has 2 aromatic heterocycles. The lowest BCUT2D eigenvalue weighted by molar-refractivity contribution is 0.745. The van der Waals surface area contributed by atoms with Crippen LogP contribution in [0, 0.1) is 0 Å². The molecule has 0 bridgehead atoms. The second kappa shape index (κ2) is 11.9. The summed E-state index contributed by atoms with van der Waals surface area (Å²) in [5.41, 5.74) is 12.6. The topological polar surface area (TPSA) is 8.17 Å². The number of para-hydroxylation sites is 1. The van der Waals surface area contributed by atoms with Crippen molar-refractivity contribution in [1.82, 2.24) is 4.57 Å². The lowest BCUT2D eigenvalue weighted by Crippen LogP contribution is -2.28. The van der Waals surface area contributed by atoms with Crippen molar-refractivity contribution in [1.29, 1.82) is 0 Å². The van der Waals surface area contributed by atoms with E-state index in [1.807, 2.05) is 11.3 Å². The maximum atomic E-state index is 2.53. The standard InChI is InChI=1S/C52H34N2S/c1-2-13-34(14-3-1)39-26-29-49(52-51(39)42-18-8-11-21-50(42)55-52)54-46-20-10-7-17-41(46)44-32-37(24-28-48(44)54)36-23-27-47-43(31-36)40-16-6-9-19-45(40)53(47)38-25-22-33-12-4-5-15-35(33)30-38/h1-32,40,45H. The van der Waals surface area contributed by atoms with Gasteiger partial charge in [-0.15, -0.1) is 11.3 Å². The van der Waals surface area contributed by atoms with Crippen LogP contribution in [0.1, 0.15) is 11.5 Å². The highest BCUT2D eigenvalue weighted by molar-refractivity contribution is 7.26. The third-order valence-electron chi connectivity index (χ3n) is 11.9. The van der Waals surface area contributed by atoms with Gasteiger partial charge in [0.1, 0.15) is 0 Å². The SMILES string of the molecule is C1=CC2c3cc(-c4ccc5c(c4)c4ccccc4n5-c4ccc(-c5ccccc5)c5c4sc4ccccc45)ccc3N(c3ccc4ccccc4c3)C2C=C1. The van der Waals surface area contributed by atoms with Crippen LogP contribution in [0.25, 0.3) is 80.7 Å². The molecule has 10 aromatic rings. The summed E-state index contributed by atoms with van der Waals surface area (Å²) in [5, 5.41) is 7.71. The van der Waals surface area contributed by atoms with Crippen LogP contribution in [0.15, 0.2) is 194 Å². The largest absolute Gasteiger partial charge is 0.333 e. The number of nitrogens with zero attached hydrogens (tertiary/aromatic N) is 2. The van der Waals surface area contributed by atoms with Gasteiger partial charge in [-0.3, -0.25) is 0 Å². The number of fused-ring (bicyclic) bond motifs is 10. The van der Waals surface area contributed by atoms with Crippen LogP contribution in [0.5, 0.6) is 0 Å². The average molecular weight is 719 g/mol. The molecule has 3 heterocycles. The first-order chi connectivity index (χ1) is 27.3. The number of aromatic nitrogens is 1. The van der Waals surface area contributed by atoms with Crippen molar-refractivity contribution in [3.63, 3.8) is 0 Å². The maximum Gasteiger partial charge on any atom is 0.0641 e. The molecule has 1 aliphatic heterocycles. The lowest BCUT2D eigenvalue weighted by atomic mass is 9.89. The molecule has 0 fully saturated rings. The van der Waals surface area contributed by atoms with Gasteiger partial charge >= 0.3 is 0 Å². The van der Waals surface area contributed by atoms with Crippen LogP contribution in [0.3, 0.4) is 0 Å². The van der Waals surface area contributed by atoms with Gasteiger partial charge in [0.05, 0.1) is 27.5 Å². The number of thiophene rings is 1. The third-order valence-corrected chi connectivity index (χ3v) is 13.1. The second-order valence-corrected chi connectivity index (χ2v) is 15.9. The average Bonchev–Trinajstić information content (AvgIpc) is 3.91. The Morgan fingerprint density at radius 2 is 1.20 bits per heavy atom. The van der Waals surface area contributed by atoms with Crippen LogP contribution in [0.2, 0.25) is 0 Å². The van der Waals surface area contributed by atoms with Crippen molar-refractivity contribution in [3.05, 3.63) is 200 Å². The molecule has 2 unspecified atom stereocenters. The fourth-order valence-corrected chi connectivity index (χ4v) is 10.6. The molecule has 1 aliphatic carbocycles. The molecule has 2 atom stereocenters. The molecule has 0 saturated carbocycles. The first-order valence-corrected chi connectivity index (χ1v) is 19.9. The summed E-state index contributed by atoms with van der Waals surface area (Å²) >= 11 is 1.90. The van der Waals surface area contributed by atoms with Gasteiger partial charge < -0.3 is 9.47 Å². The Kier molecular flexibility index (Phi) is 6.66. The zero-order chi connectivity index (χ0) is 36.0. The zero-order valence-corrected chi connectivity index (χ0v) is 30.7. The second-order valence-electron chi connectivity index (χ2n) is 14.8. The summed E-state index contributed by atoms with van der Waals surface area (Å²) in [5.74, 6) is 0.291. The Hall–Kier alpha value is -6.68. The van der Waals surface area contributed by atoms with E-state index < -0.39 is 0 Å². The summed E-state index contributed by atoms with van der Waals surface area (Å²) in [7, 11) is 0. The lowest BCUT2D eigenvalue weighted by Gasteiger charge is -2.29. The van der Waals surface area contributed by atoms with Crippen molar-refractivity contribution in [3.8, 4) is 27.9 Å².